The van der Waals surface area contributed by atoms with Gasteiger partial charge in [0, 0.05) is 0 Å². The molecule has 0 aliphatic rings. The topological polar surface area (TPSA) is 0 Å². The first-order valence-corrected chi connectivity index (χ1v) is 3.76. The Labute approximate surface area is 64.0 Å². The third-order valence-corrected chi connectivity index (χ3v) is 1.48. The third kappa shape index (κ3) is 4.13. The first kappa shape index (κ1) is 9.22. The Bertz CT molecular complexity index is 129. The van der Waals surface area contributed by atoms with E-state index in [1.54, 1.807) is 0 Å². The average molecular weight is 136 g/mol. The molecule has 0 saturated heterocycles. The molecule has 56 valence electrons. The van der Waals surface area contributed by atoms with Crippen molar-refractivity contribution in [1.82, 2.24) is 0 Å². The molecule has 0 N–H and O–H groups in total. The lowest BCUT2D eigenvalue weighted by atomic mass is 10.1. The zero-order valence-corrected chi connectivity index (χ0v) is 6.77. The molecular formula is C10H16. The zero-order chi connectivity index (χ0) is 7.82. The van der Waals surface area contributed by atoms with Gasteiger partial charge in [-0.15, -0.1) is 6.58 Å². The summed E-state index contributed by atoms with van der Waals surface area (Å²) in [5, 5.41) is 0. The first-order valence-electron chi connectivity index (χ1n) is 3.76. The molecule has 0 fully saturated rings. The van der Waals surface area contributed by atoms with Crippen molar-refractivity contribution in [3.63, 3.8) is 0 Å². The minimum atomic E-state index is 1.08. The van der Waals surface area contributed by atoms with Crippen LogP contribution in [0.4, 0.5) is 0 Å². The van der Waals surface area contributed by atoms with Gasteiger partial charge in [-0.05, 0) is 19.3 Å². The van der Waals surface area contributed by atoms with E-state index >= 15 is 0 Å². The molecule has 0 bridgehead atoms. The second kappa shape index (κ2) is 6.34. The molecule has 0 unspecified atom stereocenters. The SMILES string of the molecule is C=C/C=C(/CC)CCC=C. The van der Waals surface area contributed by atoms with Crippen LogP contribution < -0.4 is 0 Å². The van der Waals surface area contributed by atoms with E-state index in [9.17, 15) is 0 Å². The maximum atomic E-state index is 3.67. The summed E-state index contributed by atoms with van der Waals surface area (Å²) in [7, 11) is 0. The van der Waals surface area contributed by atoms with Crippen LogP contribution in [-0.2, 0) is 0 Å². The second-order valence-corrected chi connectivity index (χ2v) is 2.24. The largest absolute Gasteiger partial charge is 0.103 e. The Morgan fingerprint density at radius 2 is 2.10 bits per heavy atom. The average Bonchev–Trinajstić information content (AvgIpc) is 1.98. The van der Waals surface area contributed by atoms with Gasteiger partial charge in [-0.1, -0.05) is 37.3 Å². The Hall–Kier alpha value is -0.780. The minimum absolute atomic E-state index is 1.08. The van der Waals surface area contributed by atoms with Crippen LogP contribution in [0.5, 0.6) is 0 Å². The van der Waals surface area contributed by atoms with Crippen molar-refractivity contribution in [3.8, 4) is 0 Å². The van der Waals surface area contributed by atoms with Gasteiger partial charge in [0.05, 0.1) is 0 Å². The highest BCUT2D eigenvalue weighted by Crippen LogP contribution is 2.08. The fourth-order valence-electron chi connectivity index (χ4n) is 0.832. The molecule has 0 aliphatic carbocycles. The number of hydrogen-bond donors (Lipinski definition) is 0. The van der Waals surface area contributed by atoms with Crippen molar-refractivity contribution in [3.05, 3.63) is 37.0 Å². The second-order valence-electron chi connectivity index (χ2n) is 2.24. The normalized spacial score (nSPS) is 11.1. The summed E-state index contributed by atoms with van der Waals surface area (Å²) in [4.78, 5) is 0. The van der Waals surface area contributed by atoms with Gasteiger partial charge in [0.1, 0.15) is 0 Å². The Kier molecular flexibility index (Phi) is 5.85. The predicted octanol–water partition coefficient (Wildman–Crippen LogP) is 3.48. The molecule has 0 radical (unpaired) electrons. The summed E-state index contributed by atoms with van der Waals surface area (Å²) in [5.74, 6) is 0. The number of rotatable bonds is 5. The third-order valence-electron chi connectivity index (χ3n) is 1.48. The predicted molar refractivity (Wildman–Crippen MR) is 48.0 cm³/mol. The molecule has 0 heteroatoms. The molecule has 0 aromatic heterocycles. The van der Waals surface area contributed by atoms with Gasteiger partial charge in [0.2, 0.25) is 0 Å². The van der Waals surface area contributed by atoms with Crippen LogP contribution in [0.25, 0.3) is 0 Å². The van der Waals surface area contributed by atoms with Crippen molar-refractivity contribution in [2.24, 2.45) is 0 Å². The smallest absolute Gasteiger partial charge is 0.0283 e. The van der Waals surface area contributed by atoms with Crippen molar-refractivity contribution < 1.29 is 0 Å². The molecule has 0 spiro atoms. The zero-order valence-electron chi connectivity index (χ0n) is 6.77. The van der Waals surface area contributed by atoms with Gasteiger partial charge in [-0.25, -0.2) is 0 Å². The van der Waals surface area contributed by atoms with Gasteiger partial charge in [-0.2, -0.15) is 0 Å². The summed E-state index contributed by atoms with van der Waals surface area (Å²) in [5.41, 5.74) is 1.45. The van der Waals surface area contributed by atoms with Gasteiger partial charge >= 0.3 is 0 Å². The van der Waals surface area contributed by atoms with Crippen LogP contribution in [0.15, 0.2) is 37.0 Å². The minimum Gasteiger partial charge on any atom is -0.103 e. The van der Waals surface area contributed by atoms with E-state index in [4.69, 9.17) is 0 Å². The Morgan fingerprint density at radius 1 is 1.40 bits per heavy atom. The summed E-state index contributed by atoms with van der Waals surface area (Å²) < 4.78 is 0. The number of hydrogen-bond acceptors (Lipinski definition) is 0. The molecule has 0 amide bonds. The molecule has 0 heterocycles. The van der Waals surface area contributed by atoms with Crippen LogP contribution >= 0.6 is 0 Å². The molecule has 0 rings (SSSR count). The van der Waals surface area contributed by atoms with Crippen molar-refractivity contribution in [2.45, 2.75) is 26.2 Å². The molecular weight excluding hydrogens is 120 g/mol. The summed E-state index contributed by atoms with van der Waals surface area (Å²) >= 11 is 0. The highest BCUT2D eigenvalue weighted by Gasteiger charge is 1.88. The first-order chi connectivity index (χ1) is 4.85. The molecule has 0 nitrogen and oxygen atoms in total. The van der Waals surface area contributed by atoms with E-state index in [0.29, 0.717) is 0 Å². The Balaban J connectivity index is 3.70. The maximum Gasteiger partial charge on any atom is -0.0283 e. The van der Waals surface area contributed by atoms with E-state index in [1.165, 1.54) is 5.57 Å². The van der Waals surface area contributed by atoms with Gasteiger partial charge in [-0.3, -0.25) is 0 Å². The Morgan fingerprint density at radius 3 is 2.50 bits per heavy atom. The van der Waals surface area contributed by atoms with E-state index in [1.807, 2.05) is 12.2 Å². The molecule has 0 aliphatic heterocycles. The summed E-state index contributed by atoms with van der Waals surface area (Å²) in [6, 6.07) is 0. The quantitative estimate of drug-likeness (QED) is 0.401. The van der Waals surface area contributed by atoms with Crippen molar-refractivity contribution >= 4 is 0 Å². The lowest BCUT2D eigenvalue weighted by Crippen LogP contribution is -1.78. The van der Waals surface area contributed by atoms with Gasteiger partial charge in [0.25, 0.3) is 0 Å². The number of allylic oxidation sites excluding steroid dienone is 4. The monoisotopic (exact) mass is 136 g/mol. The summed E-state index contributed by atoms with van der Waals surface area (Å²) in [6.07, 6.45) is 9.22. The maximum absolute atomic E-state index is 3.67. The van der Waals surface area contributed by atoms with E-state index < -0.39 is 0 Å². The van der Waals surface area contributed by atoms with Gasteiger partial charge in [0.15, 0.2) is 0 Å². The highest BCUT2D eigenvalue weighted by atomic mass is 13.9. The van der Waals surface area contributed by atoms with Crippen molar-refractivity contribution in [2.75, 3.05) is 0 Å². The van der Waals surface area contributed by atoms with E-state index in [-0.39, 0.29) is 0 Å². The molecule has 0 aromatic rings. The van der Waals surface area contributed by atoms with Crippen LogP contribution in [0, 0.1) is 0 Å². The van der Waals surface area contributed by atoms with Gasteiger partial charge < -0.3 is 0 Å². The molecule has 0 aromatic carbocycles. The van der Waals surface area contributed by atoms with Crippen LogP contribution in [0.1, 0.15) is 26.2 Å². The molecule has 0 atom stereocenters. The fraction of sp³-hybridized carbons (Fsp3) is 0.400. The highest BCUT2D eigenvalue weighted by molar-refractivity contribution is 5.10. The standard InChI is InChI=1S/C10H16/c1-4-7-9-10(6-3)8-5-2/h4-5,8H,1-2,6-7,9H2,3H3/b10-8-. The van der Waals surface area contributed by atoms with Crippen LogP contribution in [0.2, 0.25) is 0 Å². The lowest BCUT2D eigenvalue weighted by Gasteiger charge is -1.98. The van der Waals surface area contributed by atoms with Crippen LogP contribution in [-0.4, -0.2) is 0 Å². The van der Waals surface area contributed by atoms with Crippen LogP contribution in [0.3, 0.4) is 0 Å². The fourth-order valence-corrected chi connectivity index (χ4v) is 0.832. The van der Waals surface area contributed by atoms with Crippen molar-refractivity contribution in [1.29, 1.82) is 0 Å². The lowest BCUT2D eigenvalue weighted by molar-refractivity contribution is 0.910. The molecule has 10 heavy (non-hydrogen) atoms. The van der Waals surface area contributed by atoms with E-state index in [2.05, 4.69) is 26.2 Å². The van der Waals surface area contributed by atoms with E-state index in [0.717, 1.165) is 19.3 Å². The summed E-state index contributed by atoms with van der Waals surface area (Å²) in [6.45, 7) is 9.49. The molecule has 0 saturated carbocycles.